The third kappa shape index (κ3) is 3.67. The Morgan fingerprint density at radius 2 is 1.89 bits per heavy atom. The van der Waals surface area contributed by atoms with E-state index in [0.717, 1.165) is 4.47 Å². The van der Waals surface area contributed by atoms with Gasteiger partial charge in [-0.1, -0.05) is 53.2 Å². The van der Waals surface area contributed by atoms with Gasteiger partial charge in [-0.3, -0.25) is 14.4 Å². The molecule has 0 saturated heterocycles. The van der Waals surface area contributed by atoms with Crippen LogP contribution in [0, 0.1) is 11.8 Å². The number of ether oxygens (including phenoxy) is 2. The highest BCUT2D eigenvalue weighted by molar-refractivity contribution is 9.10. The molecule has 3 rings (SSSR count). The molecule has 0 N–H and O–H groups in total. The molecular weight excluding hydrogens is 412 g/mol. The van der Waals surface area contributed by atoms with Crippen molar-refractivity contribution in [3.05, 3.63) is 64.1 Å². The Labute approximate surface area is 165 Å². The monoisotopic (exact) mass is 430 g/mol. The maximum atomic E-state index is 13.2. The second kappa shape index (κ2) is 8.05. The number of carbonyl (C=O) groups is 3. The molecule has 2 aromatic rings. The van der Waals surface area contributed by atoms with Crippen molar-refractivity contribution >= 4 is 33.7 Å². The van der Waals surface area contributed by atoms with Crippen molar-refractivity contribution in [2.45, 2.75) is 19.3 Å². The molecule has 0 amide bonds. The van der Waals surface area contributed by atoms with Crippen LogP contribution >= 0.6 is 15.9 Å². The predicted molar refractivity (Wildman–Crippen MR) is 103 cm³/mol. The Morgan fingerprint density at radius 3 is 2.52 bits per heavy atom. The van der Waals surface area contributed by atoms with Gasteiger partial charge in [-0.15, -0.1) is 0 Å². The van der Waals surface area contributed by atoms with Crippen molar-refractivity contribution in [2.75, 3.05) is 7.11 Å². The molecule has 0 unspecified atom stereocenters. The maximum Gasteiger partial charge on any atom is 0.326 e. The average Bonchev–Trinajstić information content (AvgIpc) is 2.69. The molecule has 1 aliphatic rings. The van der Waals surface area contributed by atoms with Gasteiger partial charge in [-0.25, -0.2) is 0 Å². The SMILES string of the molecule is CC[C@H](C(=O)c1ccccc1)[C@@H]1c2cc(Br)ccc2OC(=O)[C@@H]1C(=O)OC. The number of benzene rings is 2. The van der Waals surface area contributed by atoms with Crippen molar-refractivity contribution < 1.29 is 23.9 Å². The van der Waals surface area contributed by atoms with E-state index < -0.39 is 29.7 Å². The Balaban J connectivity index is 2.14. The number of ketones is 1. The van der Waals surface area contributed by atoms with E-state index in [0.29, 0.717) is 23.3 Å². The lowest BCUT2D eigenvalue weighted by molar-refractivity contribution is -0.158. The smallest absolute Gasteiger partial charge is 0.326 e. The predicted octanol–water partition coefficient (Wildman–Crippen LogP) is 4.15. The largest absolute Gasteiger partial charge is 0.468 e. The van der Waals surface area contributed by atoms with E-state index in [-0.39, 0.29) is 5.78 Å². The number of rotatable bonds is 5. The van der Waals surface area contributed by atoms with Crippen LogP contribution in [-0.2, 0) is 14.3 Å². The molecule has 0 aliphatic carbocycles. The molecule has 0 fully saturated rings. The van der Waals surface area contributed by atoms with Gasteiger partial charge in [0, 0.05) is 27.4 Å². The van der Waals surface area contributed by atoms with E-state index in [9.17, 15) is 14.4 Å². The number of Topliss-reactive ketones (excluding diaryl/α,β-unsaturated/α-hetero) is 1. The summed E-state index contributed by atoms with van der Waals surface area (Å²) in [5.41, 5.74) is 1.19. The highest BCUT2D eigenvalue weighted by Gasteiger charge is 2.48. The van der Waals surface area contributed by atoms with Crippen LogP contribution < -0.4 is 4.74 Å². The summed E-state index contributed by atoms with van der Waals surface area (Å²) < 4.78 is 11.0. The summed E-state index contributed by atoms with van der Waals surface area (Å²) in [7, 11) is 1.23. The lowest BCUT2D eigenvalue weighted by Gasteiger charge is -2.34. The van der Waals surface area contributed by atoms with Crippen molar-refractivity contribution in [3.63, 3.8) is 0 Å². The molecule has 5 nitrogen and oxygen atoms in total. The van der Waals surface area contributed by atoms with Gasteiger partial charge in [0.05, 0.1) is 7.11 Å². The molecule has 6 heteroatoms. The number of hydrogen-bond donors (Lipinski definition) is 0. The molecule has 0 saturated carbocycles. The first-order valence-corrected chi connectivity index (χ1v) is 9.45. The minimum absolute atomic E-state index is 0.113. The van der Waals surface area contributed by atoms with Crippen molar-refractivity contribution in [2.24, 2.45) is 11.8 Å². The Kier molecular flexibility index (Phi) is 5.75. The molecule has 0 bridgehead atoms. The van der Waals surface area contributed by atoms with Gasteiger partial charge in [0.15, 0.2) is 11.7 Å². The van der Waals surface area contributed by atoms with Crippen LogP contribution in [0.2, 0.25) is 0 Å². The third-order valence-corrected chi connectivity index (χ3v) is 5.37. The summed E-state index contributed by atoms with van der Waals surface area (Å²) in [4.78, 5) is 38.2. The molecule has 140 valence electrons. The summed E-state index contributed by atoms with van der Waals surface area (Å²) in [5, 5.41) is 0. The molecular formula is C21H19BrO5. The normalized spacial score (nSPS) is 19.6. The zero-order chi connectivity index (χ0) is 19.6. The van der Waals surface area contributed by atoms with Crippen LogP contribution in [0.5, 0.6) is 5.75 Å². The van der Waals surface area contributed by atoms with Crippen molar-refractivity contribution in [1.29, 1.82) is 0 Å². The van der Waals surface area contributed by atoms with Gasteiger partial charge in [-0.05, 0) is 24.6 Å². The van der Waals surface area contributed by atoms with E-state index in [1.807, 2.05) is 13.0 Å². The highest BCUT2D eigenvalue weighted by Crippen LogP contribution is 2.45. The molecule has 0 spiro atoms. The van der Waals surface area contributed by atoms with Crippen molar-refractivity contribution in [3.8, 4) is 5.75 Å². The van der Waals surface area contributed by atoms with Gasteiger partial charge in [0.1, 0.15) is 5.75 Å². The second-order valence-corrected chi connectivity index (χ2v) is 7.29. The van der Waals surface area contributed by atoms with Crippen LogP contribution in [0.3, 0.4) is 0 Å². The fraction of sp³-hybridized carbons (Fsp3) is 0.286. The fourth-order valence-electron chi connectivity index (χ4n) is 3.61. The number of hydrogen-bond acceptors (Lipinski definition) is 5. The van der Waals surface area contributed by atoms with E-state index in [4.69, 9.17) is 9.47 Å². The standard InChI is InChI=1S/C21H19BrO5/c1-3-14(19(23)12-7-5-4-6-8-12)17-15-11-13(22)9-10-16(15)27-21(25)18(17)20(24)26-2/h4-11,14,17-18H,3H2,1-2H3/t14-,17+,18-/m0/s1. The number of fused-ring (bicyclic) bond motifs is 1. The minimum atomic E-state index is -1.19. The lowest BCUT2D eigenvalue weighted by Crippen LogP contribution is -2.42. The lowest BCUT2D eigenvalue weighted by atomic mass is 9.71. The first kappa shape index (κ1) is 19.3. The second-order valence-electron chi connectivity index (χ2n) is 6.37. The quantitative estimate of drug-likeness (QED) is 0.308. The zero-order valence-corrected chi connectivity index (χ0v) is 16.6. The number of methoxy groups -OCH3 is 1. The summed E-state index contributed by atoms with van der Waals surface area (Å²) >= 11 is 3.42. The van der Waals surface area contributed by atoms with Gasteiger partial charge in [0.2, 0.25) is 0 Å². The molecule has 3 atom stereocenters. The fourth-order valence-corrected chi connectivity index (χ4v) is 3.99. The third-order valence-electron chi connectivity index (χ3n) is 4.88. The summed E-state index contributed by atoms with van der Waals surface area (Å²) in [6, 6.07) is 14.1. The minimum Gasteiger partial charge on any atom is -0.468 e. The maximum absolute atomic E-state index is 13.2. The number of halogens is 1. The highest BCUT2D eigenvalue weighted by atomic mass is 79.9. The van der Waals surface area contributed by atoms with Crippen LogP contribution in [0.15, 0.2) is 53.0 Å². The van der Waals surface area contributed by atoms with Crippen LogP contribution in [0.4, 0.5) is 0 Å². The van der Waals surface area contributed by atoms with E-state index in [1.54, 1.807) is 42.5 Å². The summed E-state index contributed by atoms with van der Waals surface area (Å²) in [5.74, 6) is -3.56. The Morgan fingerprint density at radius 1 is 1.19 bits per heavy atom. The van der Waals surface area contributed by atoms with Gasteiger partial charge in [-0.2, -0.15) is 0 Å². The van der Waals surface area contributed by atoms with Gasteiger partial charge < -0.3 is 9.47 Å². The van der Waals surface area contributed by atoms with Crippen LogP contribution in [0.1, 0.15) is 35.2 Å². The molecule has 1 aliphatic heterocycles. The topological polar surface area (TPSA) is 69.7 Å². The van der Waals surface area contributed by atoms with E-state index >= 15 is 0 Å². The van der Waals surface area contributed by atoms with E-state index in [1.165, 1.54) is 7.11 Å². The number of esters is 2. The Hall–Kier alpha value is -2.47. The molecule has 27 heavy (non-hydrogen) atoms. The first-order valence-electron chi connectivity index (χ1n) is 8.66. The first-order chi connectivity index (χ1) is 13.0. The van der Waals surface area contributed by atoms with E-state index in [2.05, 4.69) is 15.9 Å². The van der Waals surface area contributed by atoms with Crippen LogP contribution in [0.25, 0.3) is 0 Å². The van der Waals surface area contributed by atoms with Gasteiger partial charge >= 0.3 is 11.9 Å². The molecule has 0 radical (unpaired) electrons. The van der Waals surface area contributed by atoms with Gasteiger partial charge in [0.25, 0.3) is 0 Å². The molecule has 0 aromatic heterocycles. The molecule has 2 aromatic carbocycles. The van der Waals surface area contributed by atoms with Crippen LogP contribution in [-0.4, -0.2) is 24.8 Å². The summed E-state index contributed by atoms with van der Waals surface area (Å²) in [6.45, 7) is 1.87. The number of carbonyl (C=O) groups excluding carboxylic acids is 3. The Bertz CT molecular complexity index is 877. The summed E-state index contributed by atoms with van der Waals surface area (Å²) in [6.07, 6.45) is 0.463. The zero-order valence-electron chi connectivity index (χ0n) is 15.0. The molecule has 1 heterocycles. The average molecular weight is 431 g/mol. The van der Waals surface area contributed by atoms with Crippen molar-refractivity contribution in [1.82, 2.24) is 0 Å².